The number of thioether (sulfide) groups is 1. The topological polar surface area (TPSA) is 127 Å². The maximum atomic E-state index is 13.6. The van der Waals surface area contributed by atoms with Crippen molar-refractivity contribution >= 4 is 40.4 Å². The molecular formula is C27H29N5O4S. The highest BCUT2D eigenvalue weighted by molar-refractivity contribution is 8.00. The predicted octanol–water partition coefficient (Wildman–Crippen LogP) is 1.69. The van der Waals surface area contributed by atoms with Crippen LogP contribution < -0.4 is 10.6 Å². The van der Waals surface area contributed by atoms with Crippen molar-refractivity contribution in [1.82, 2.24) is 25.7 Å². The number of terminal acetylenes is 1. The van der Waals surface area contributed by atoms with Crippen LogP contribution in [0.3, 0.4) is 0 Å². The minimum absolute atomic E-state index is 0.0346. The van der Waals surface area contributed by atoms with Gasteiger partial charge < -0.3 is 20.6 Å². The van der Waals surface area contributed by atoms with Crippen LogP contribution in [0.15, 0.2) is 54.7 Å². The van der Waals surface area contributed by atoms with E-state index in [0.717, 1.165) is 5.56 Å². The summed E-state index contributed by atoms with van der Waals surface area (Å²) in [5.41, 5.74) is 1.90. The van der Waals surface area contributed by atoms with E-state index in [1.165, 1.54) is 16.7 Å². The smallest absolute Gasteiger partial charge is 0.254 e. The quantitative estimate of drug-likeness (QED) is 0.336. The molecule has 4 N–H and O–H groups in total. The molecule has 9 nitrogen and oxygen atoms in total. The number of aromatic amines is 1. The predicted molar refractivity (Wildman–Crippen MR) is 143 cm³/mol. The number of benzene rings is 2. The minimum Gasteiger partial charge on any atom is -0.381 e. The van der Waals surface area contributed by atoms with Crippen molar-refractivity contribution in [2.24, 2.45) is 0 Å². The largest absolute Gasteiger partial charge is 0.381 e. The van der Waals surface area contributed by atoms with Gasteiger partial charge in [0.25, 0.3) is 11.8 Å². The Bertz CT molecular complexity index is 1330. The van der Waals surface area contributed by atoms with Crippen LogP contribution >= 0.6 is 11.8 Å². The molecule has 1 aromatic heterocycles. The van der Waals surface area contributed by atoms with Crippen LogP contribution in [0.5, 0.6) is 0 Å². The molecule has 3 atom stereocenters. The number of nitrogens with one attached hydrogen (secondary N) is 3. The molecule has 10 heteroatoms. The summed E-state index contributed by atoms with van der Waals surface area (Å²) in [4.78, 5) is 41.2. The van der Waals surface area contributed by atoms with E-state index in [1.54, 1.807) is 24.4 Å². The van der Waals surface area contributed by atoms with Gasteiger partial charge >= 0.3 is 0 Å². The molecule has 1 fully saturated rings. The highest BCUT2D eigenvalue weighted by Crippen LogP contribution is 2.39. The van der Waals surface area contributed by atoms with E-state index in [2.05, 4.69) is 26.8 Å². The van der Waals surface area contributed by atoms with Gasteiger partial charge in [0, 0.05) is 10.1 Å². The third kappa shape index (κ3) is 5.63. The van der Waals surface area contributed by atoms with E-state index in [4.69, 9.17) is 6.42 Å². The lowest BCUT2D eigenvalue weighted by Gasteiger charge is -2.33. The number of aliphatic hydroxyl groups is 1. The fraction of sp³-hybridized carbons (Fsp3) is 0.333. The van der Waals surface area contributed by atoms with Crippen molar-refractivity contribution in [3.05, 3.63) is 65.9 Å². The maximum Gasteiger partial charge on any atom is 0.254 e. The van der Waals surface area contributed by atoms with Crippen LogP contribution in [0, 0.1) is 12.3 Å². The molecule has 2 aromatic carbocycles. The van der Waals surface area contributed by atoms with E-state index >= 15 is 0 Å². The molecular weight excluding hydrogens is 490 g/mol. The average Bonchev–Trinajstić information content (AvgIpc) is 3.50. The van der Waals surface area contributed by atoms with E-state index in [-0.39, 0.29) is 24.7 Å². The summed E-state index contributed by atoms with van der Waals surface area (Å²) in [6.45, 7) is 3.77. The first kappa shape index (κ1) is 26.3. The highest BCUT2D eigenvalue weighted by Gasteiger charge is 2.49. The molecule has 1 saturated heterocycles. The lowest BCUT2D eigenvalue weighted by Crippen LogP contribution is -2.58. The van der Waals surface area contributed by atoms with Gasteiger partial charge in [-0.15, -0.1) is 18.2 Å². The molecule has 0 unspecified atom stereocenters. The normalized spacial score (nSPS) is 18.1. The Morgan fingerprint density at radius 2 is 2.00 bits per heavy atom. The number of aromatic nitrogens is 2. The molecule has 0 spiro atoms. The number of hydrogen-bond acceptors (Lipinski definition) is 6. The Morgan fingerprint density at radius 3 is 2.73 bits per heavy atom. The second-order valence-corrected chi connectivity index (χ2v) is 11.0. The van der Waals surface area contributed by atoms with Crippen molar-refractivity contribution < 1.29 is 19.5 Å². The van der Waals surface area contributed by atoms with Gasteiger partial charge in [-0.05, 0) is 38.0 Å². The second-order valence-electron chi connectivity index (χ2n) is 9.36. The maximum absolute atomic E-state index is 13.6. The van der Waals surface area contributed by atoms with Crippen molar-refractivity contribution in [2.45, 2.75) is 43.2 Å². The van der Waals surface area contributed by atoms with Gasteiger partial charge in [-0.25, -0.2) is 0 Å². The zero-order chi connectivity index (χ0) is 26.6. The van der Waals surface area contributed by atoms with Gasteiger partial charge in [0.15, 0.2) is 6.10 Å². The molecule has 4 rings (SSSR count). The number of nitrogens with zero attached hydrogens (tertiary/aromatic N) is 2. The lowest BCUT2D eigenvalue weighted by molar-refractivity contribution is -0.147. The second kappa shape index (κ2) is 11.1. The van der Waals surface area contributed by atoms with Gasteiger partial charge in [0.1, 0.15) is 6.04 Å². The Kier molecular flexibility index (Phi) is 7.86. The number of fused-ring (bicyclic) bond motifs is 1. The fourth-order valence-corrected chi connectivity index (χ4v) is 5.65. The van der Waals surface area contributed by atoms with Gasteiger partial charge in [0.05, 0.1) is 35.7 Å². The van der Waals surface area contributed by atoms with Crippen LogP contribution in [-0.4, -0.2) is 73.3 Å². The summed E-state index contributed by atoms with van der Waals surface area (Å²) >= 11 is 1.44. The summed E-state index contributed by atoms with van der Waals surface area (Å²) in [6.07, 6.45) is 5.46. The molecule has 2 heterocycles. The van der Waals surface area contributed by atoms with E-state index in [0.29, 0.717) is 16.5 Å². The van der Waals surface area contributed by atoms with Crippen LogP contribution in [0.25, 0.3) is 10.9 Å². The molecule has 0 saturated carbocycles. The SMILES string of the molecule is C#CCNC(=O)[C@@H]1N(C(=O)[C@@H](O)[C@H](Cc2ccccc2)NC(=O)c2cccc3[nH]ncc23)CSC1(C)C. The standard InChI is InChI=1S/C27H29N5O4S/c1-4-13-28-25(35)23-27(2,3)37-16-32(23)26(36)22(33)21(14-17-9-6-5-7-10-17)30-24(34)18-11-8-12-20-19(18)15-29-31-20/h1,5-12,15,21-23,33H,13-14,16H2,2-3H3,(H,28,35)(H,29,31)(H,30,34)/t21-,22-,23-/m0/s1. The summed E-state index contributed by atoms with van der Waals surface area (Å²) < 4.78 is -0.594. The van der Waals surface area contributed by atoms with Crippen molar-refractivity contribution in [3.63, 3.8) is 0 Å². The monoisotopic (exact) mass is 519 g/mol. The molecule has 1 aliphatic heterocycles. The van der Waals surface area contributed by atoms with E-state index in [9.17, 15) is 19.5 Å². The van der Waals surface area contributed by atoms with Crippen LogP contribution in [0.4, 0.5) is 0 Å². The molecule has 0 radical (unpaired) electrons. The molecule has 3 amide bonds. The number of amides is 3. The Morgan fingerprint density at radius 1 is 1.24 bits per heavy atom. The van der Waals surface area contributed by atoms with Crippen LogP contribution in [-0.2, 0) is 16.0 Å². The molecule has 0 bridgehead atoms. The van der Waals surface area contributed by atoms with E-state index < -0.39 is 34.7 Å². The highest BCUT2D eigenvalue weighted by atomic mass is 32.2. The number of carbonyl (C=O) groups is 3. The minimum atomic E-state index is -1.59. The number of hydrogen-bond donors (Lipinski definition) is 4. The van der Waals surface area contributed by atoms with Crippen LogP contribution in [0.1, 0.15) is 29.8 Å². The van der Waals surface area contributed by atoms with Crippen molar-refractivity contribution in [2.75, 3.05) is 12.4 Å². The van der Waals surface area contributed by atoms with Crippen molar-refractivity contribution in [1.29, 1.82) is 0 Å². The van der Waals surface area contributed by atoms with Crippen LogP contribution in [0.2, 0.25) is 0 Å². The van der Waals surface area contributed by atoms with E-state index in [1.807, 2.05) is 44.2 Å². The van der Waals surface area contributed by atoms with Gasteiger partial charge in [-0.2, -0.15) is 5.10 Å². The Hall–Kier alpha value is -3.81. The Labute approximate surface area is 219 Å². The van der Waals surface area contributed by atoms with Gasteiger partial charge in [-0.3, -0.25) is 19.5 Å². The zero-order valence-electron chi connectivity index (χ0n) is 20.6. The summed E-state index contributed by atoms with van der Waals surface area (Å²) in [5, 5.41) is 24.3. The number of H-pyrrole nitrogens is 1. The molecule has 0 aliphatic carbocycles. The molecule has 1 aliphatic rings. The summed E-state index contributed by atoms with van der Waals surface area (Å²) in [6, 6.07) is 12.7. The number of rotatable bonds is 8. The van der Waals surface area contributed by atoms with Gasteiger partial charge in [-0.1, -0.05) is 42.3 Å². The summed E-state index contributed by atoms with van der Waals surface area (Å²) in [7, 11) is 0. The third-order valence-electron chi connectivity index (χ3n) is 6.42. The average molecular weight is 520 g/mol. The fourth-order valence-electron chi connectivity index (χ4n) is 4.51. The first-order chi connectivity index (χ1) is 17.7. The Balaban J connectivity index is 1.60. The molecule has 37 heavy (non-hydrogen) atoms. The van der Waals surface area contributed by atoms with Gasteiger partial charge in [0.2, 0.25) is 5.91 Å². The lowest BCUT2D eigenvalue weighted by atomic mass is 9.96. The first-order valence-corrected chi connectivity index (χ1v) is 12.8. The molecule has 3 aromatic rings. The first-order valence-electron chi connectivity index (χ1n) is 11.8. The third-order valence-corrected chi connectivity index (χ3v) is 7.79. The number of carbonyl (C=O) groups excluding carboxylic acids is 3. The van der Waals surface area contributed by atoms with Crippen molar-refractivity contribution in [3.8, 4) is 12.3 Å². The zero-order valence-corrected chi connectivity index (χ0v) is 21.4. The molecule has 192 valence electrons. The summed E-state index contributed by atoms with van der Waals surface area (Å²) in [5.74, 6) is 1.12. The number of aliphatic hydroxyl groups excluding tert-OH is 1.